The van der Waals surface area contributed by atoms with E-state index in [1.54, 1.807) is 0 Å². The van der Waals surface area contributed by atoms with Crippen LogP contribution >= 0.6 is 0 Å². The highest BCUT2D eigenvalue weighted by molar-refractivity contribution is 4.97. The summed E-state index contributed by atoms with van der Waals surface area (Å²) >= 11 is 0. The van der Waals surface area contributed by atoms with Gasteiger partial charge in [0.2, 0.25) is 0 Å². The Morgan fingerprint density at radius 2 is 1.46 bits per heavy atom. The van der Waals surface area contributed by atoms with Crippen molar-refractivity contribution < 1.29 is 54.3 Å². The maximum Gasteiger partial charge on any atom is 0.197 e. The first-order chi connectivity index (χ1) is 11.2. The molecule has 10 nitrogen and oxygen atoms in total. The lowest BCUT2D eigenvalue weighted by Gasteiger charge is -2.49. The third kappa shape index (κ3) is 3.42. The van der Waals surface area contributed by atoms with Gasteiger partial charge in [0.05, 0.1) is 13.2 Å². The van der Waals surface area contributed by atoms with E-state index in [4.69, 9.17) is 24.4 Å². The van der Waals surface area contributed by atoms with Crippen LogP contribution in [0, 0.1) is 0 Å². The van der Waals surface area contributed by atoms with E-state index in [1.807, 2.05) is 0 Å². The first-order valence-corrected chi connectivity index (χ1v) is 7.43. The zero-order valence-corrected chi connectivity index (χ0v) is 12.8. The SMILES string of the molecule is C[C@]1(O[C@H]2OC(CO)[C@@H](O)C(O)C2F)OC(CO)[C@@H](O)[C@H](O)C1O. The molecular formula is C13H23FO10. The lowest BCUT2D eigenvalue weighted by molar-refractivity contribution is -0.412. The summed E-state index contributed by atoms with van der Waals surface area (Å²) in [6, 6.07) is 0. The van der Waals surface area contributed by atoms with Crippen LogP contribution in [0.25, 0.3) is 0 Å². The van der Waals surface area contributed by atoms with Crippen LogP contribution in [-0.2, 0) is 14.2 Å². The van der Waals surface area contributed by atoms with E-state index in [-0.39, 0.29) is 0 Å². The molecule has 0 aromatic rings. The fraction of sp³-hybridized carbons (Fsp3) is 1.00. The molecule has 0 radical (unpaired) electrons. The van der Waals surface area contributed by atoms with Gasteiger partial charge in [0, 0.05) is 0 Å². The number of hydrogen-bond acceptors (Lipinski definition) is 10. The van der Waals surface area contributed by atoms with E-state index in [0.29, 0.717) is 0 Å². The molecule has 2 aliphatic heterocycles. The quantitative estimate of drug-likeness (QED) is 0.263. The third-order valence-corrected chi connectivity index (χ3v) is 4.31. The topological polar surface area (TPSA) is 169 Å². The van der Waals surface area contributed by atoms with Gasteiger partial charge in [0.15, 0.2) is 18.2 Å². The van der Waals surface area contributed by atoms with Crippen molar-refractivity contribution in [3.63, 3.8) is 0 Å². The van der Waals surface area contributed by atoms with Gasteiger partial charge in [-0.1, -0.05) is 0 Å². The summed E-state index contributed by atoms with van der Waals surface area (Å²) in [7, 11) is 0. The standard InChI is InChI=1S/C13H23FO10/c1-13(11(21)10(20)8(18)5(3-16)23-13)24-12-6(14)9(19)7(17)4(2-15)22-12/h4-12,15-21H,2-3H2,1H3/t4?,5?,6?,7-,8-,9?,10+,11?,12-,13-/m1/s1. The highest BCUT2D eigenvalue weighted by Gasteiger charge is 2.55. The monoisotopic (exact) mass is 358 g/mol. The Bertz CT molecular complexity index is 424. The van der Waals surface area contributed by atoms with E-state index in [1.165, 1.54) is 0 Å². The largest absolute Gasteiger partial charge is 0.394 e. The van der Waals surface area contributed by atoms with Gasteiger partial charge in [-0.2, -0.15) is 0 Å². The molecule has 0 aromatic heterocycles. The maximum atomic E-state index is 14.2. The van der Waals surface area contributed by atoms with E-state index >= 15 is 0 Å². The van der Waals surface area contributed by atoms with Gasteiger partial charge < -0.3 is 50.0 Å². The maximum absolute atomic E-state index is 14.2. The molecule has 2 heterocycles. The van der Waals surface area contributed by atoms with Crippen LogP contribution in [0.4, 0.5) is 4.39 Å². The van der Waals surface area contributed by atoms with Crippen molar-refractivity contribution in [3.8, 4) is 0 Å². The zero-order chi connectivity index (χ0) is 18.2. The number of halogens is 1. The lowest BCUT2D eigenvalue weighted by atomic mass is 9.93. The molecule has 0 aliphatic carbocycles. The van der Waals surface area contributed by atoms with Gasteiger partial charge in [-0.05, 0) is 6.92 Å². The fourth-order valence-corrected chi connectivity index (χ4v) is 2.77. The first-order valence-electron chi connectivity index (χ1n) is 7.43. The van der Waals surface area contributed by atoms with E-state index in [2.05, 4.69) is 0 Å². The van der Waals surface area contributed by atoms with Gasteiger partial charge in [0.1, 0.15) is 42.7 Å². The van der Waals surface area contributed by atoms with Crippen molar-refractivity contribution in [1.82, 2.24) is 0 Å². The molecule has 11 heteroatoms. The first kappa shape index (κ1) is 19.8. The molecule has 0 bridgehead atoms. The van der Waals surface area contributed by atoms with Crippen LogP contribution in [-0.4, -0.2) is 110 Å². The van der Waals surface area contributed by atoms with E-state index in [0.717, 1.165) is 6.92 Å². The highest BCUT2D eigenvalue weighted by Crippen LogP contribution is 2.35. The molecule has 2 saturated heterocycles. The molecule has 7 N–H and O–H groups in total. The molecular weight excluding hydrogens is 335 g/mol. The molecule has 2 aliphatic rings. The molecule has 0 saturated carbocycles. The molecule has 0 aromatic carbocycles. The smallest absolute Gasteiger partial charge is 0.197 e. The van der Waals surface area contributed by atoms with Gasteiger partial charge >= 0.3 is 0 Å². The van der Waals surface area contributed by atoms with Crippen molar-refractivity contribution in [1.29, 1.82) is 0 Å². The Labute approximate surface area is 136 Å². The van der Waals surface area contributed by atoms with Crippen molar-refractivity contribution in [3.05, 3.63) is 0 Å². The molecule has 2 rings (SSSR count). The van der Waals surface area contributed by atoms with Crippen molar-refractivity contribution in [2.75, 3.05) is 13.2 Å². The predicted molar refractivity (Wildman–Crippen MR) is 72.1 cm³/mol. The molecule has 2 fully saturated rings. The van der Waals surface area contributed by atoms with Gasteiger partial charge in [-0.25, -0.2) is 4.39 Å². The zero-order valence-electron chi connectivity index (χ0n) is 12.8. The van der Waals surface area contributed by atoms with Crippen LogP contribution in [0.5, 0.6) is 0 Å². The van der Waals surface area contributed by atoms with Gasteiger partial charge in [0.25, 0.3) is 0 Å². The molecule has 24 heavy (non-hydrogen) atoms. The summed E-state index contributed by atoms with van der Waals surface area (Å²) in [4.78, 5) is 0. The van der Waals surface area contributed by atoms with E-state index < -0.39 is 74.2 Å². The number of alkyl halides is 1. The molecule has 142 valence electrons. The second-order valence-electron chi connectivity index (χ2n) is 6.05. The second-order valence-corrected chi connectivity index (χ2v) is 6.05. The average Bonchev–Trinajstić information content (AvgIpc) is 2.57. The minimum atomic E-state index is -2.24. The molecule has 0 spiro atoms. The number of hydrogen-bond donors (Lipinski definition) is 7. The van der Waals surface area contributed by atoms with Crippen molar-refractivity contribution in [2.45, 2.75) is 67.9 Å². The fourth-order valence-electron chi connectivity index (χ4n) is 2.77. The summed E-state index contributed by atoms with van der Waals surface area (Å²) in [6.45, 7) is -0.322. The summed E-state index contributed by atoms with van der Waals surface area (Å²) in [6.07, 6.45) is -15.6. The Morgan fingerprint density at radius 3 is 2.00 bits per heavy atom. The Kier molecular flexibility index (Phi) is 6.13. The molecule has 10 atom stereocenters. The molecule has 0 amide bonds. The van der Waals surface area contributed by atoms with Crippen LogP contribution in [0.2, 0.25) is 0 Å². The Balaban J connectivity index is 2.18. The van der Waals surface area contributed by atoms with Crippen molar-refractivity contribution >= 4 is 0 Å². The minimum Gasteiger partial charge on any atom is -0.394 e. The number of rotatable bonds is 4. The number of ether oxygens (including phenoxy) is 3. The van der Waals surface area contributed by atoms with Crippen LogP contribution < -0.4 is 0 Å². The lowest BCUT2D eigenvalue weighted by Crippen LogP contribution is -2.67. The minimum absolute atomic E-state index is 0.713. The van der Waals surface area contributed by atoms with Gasteiger partial charge in [-0.3, -0.25) is 0 Å². The summed E-state index contributed by atoms with van der Waals surface area (Å²) in [5.74, 6) is -2.09. The van der Waals surface area contributed by atoms with Gasteiger partial charge in [-0.15, -0.1) is 0 Å². The van der Waals surface area contributed by atoms with E-state index in [9.17, 15) is 29.9 Å². The normalized spacial score (nSPS) is 53.1. The number of aliphatic hydroxyl groups excluding tert-OH is 7. The Hall–Kier alpha value is -0.470. The summed E-state index contributed by atoms with van der Waals surface area (Å²) in [5.41, 5.74) is 0. The highest BCUT2D eigenvalue weighted by atomic mass is 19.1. The Morgan fingerprint density at radius 1 is 0.917 bits per heavy atom. The third-order valence-electron chi connectivity index (χ3n) is 4.31. The summed E-state index contributed by atoms with van der Waals surface area (Å²) < 4.78 is 29.6. The predicted octanol–water partition coefficient (Wildman–Crippen LogP) is -4.03. The molecule has 5 unspecified atom stereocenters. The average molecular weight is 358 g/mol. The summed E-state index contributed by atoms with van der Waals surface area (Å²) in [5, 5.41) is 67.1. The second kappa shape index (κ2) is 7.41. The van der Waals surface area contributed by atoms with Crippen LogP contribution in [0.3, 0.4) is 0 Å². The van der Waals surface area contributed by atoms with Crippen LogP contribution in [0.1, 0.15) is 6.92 Å². The number of aliphatic hydroxyl groups is 7. The van der Waals surface area contributed by atoms with Crippen molar-refractivity contribution in [2.24, 2.45) is 0 Å². The van der Waals surface area contributed by atoms with Crippen LogP contribution in [0.15, 0.2) is 0 Å².